The molecule has 0 spiro atoms. The topological polar surface area (TPSA) is 52.7 Å². The van der Waals surface area contributed by atoms with E-state index in [1.807, 2.05) is 6.92 Å². The van der Waals surface area contributed by atoms with E-state index < -0.39 is 5.54 Å². The summed E-state index contributed by atoms with van der Waals surface area (Å²) in [6.45, 7) is 6.60. The molecule has 4 heteroatoms. The Kier molecular flexibility index (Phi) is 4.32. The predicted molar refractivity (Wildman–Crippen MR) is 74.5 cm³/mol. The number of hydrogen-bond acceptors (Lipinski definition) is 4. The summed E-state index contributed by atoms with van der Waals surface area (Å²) < 4.78 is 0. The molecule has 2 heterocycles. The Bertz CT molecular complexity index is 282. The number of likely N-dealkylation sites (N-methyl/N-ethyl adjacent to an activating group) is 1. The van der Waals surface area contributed by atoms with Crippen molar-refractivity contribution in [2.75, 3.05) is 26.7 Å². The molecule has 18 heavy (non-hydrogen) atoms. The summed E-state index contributed by atoms with van der Waals surface area (Å²) in [6.07, 6.45) is 4.85. The van der Waals surface area contributed by atoms with Gasteiger partial charge in [0.1, 0.15) is 0 Å². The predicted octanol–water partition coefficient (Wildman–Crippen LogP) is 0.643. The van der Waals surface area contributed by atoms with Crippen LogP contribution in [0, 0.1) is 0 Å². The van der Waals surface area contributed by atoms with E-state index in [9.17, 15) is 5.11 Å². The summed E-state index contributed by atoms with van der Waals surface area (Å²) in [7, 11) is 2.28. The average molecular weight is 255 g/mol. The first-order valence-electron chi connectivity index (χ1n) is 7.28. The van der Waals surface area contributed by atoms with E-state index in [1.54, 1.807) is 0 Å². The molecule has 0 aromatic carbocycles. The van der Waals surface area contributed by atoms with Crippen LogP contribution in [0.1, 0.15) is 39.5 Å². The Morgan fingerprint density at radius 2 is 2.00 bits per heavy atom. The van der Waals surface area contributed by atoms with Gasteiger partial charge in [0, 0.05) is 30.2 Å². The zero-order chi connectivity index (χ0) is 13.3. The first-order valence-corrected chi connectivity index (χ1v) is 7.28. The molecule has 4 unspecified atom stereocenters. The van der Waals surface area contributed by atoms with Crippen molar-refractivity contribution in [1.82, 2.24) is 9.80 Å². The van der Waals surface area contributed by atoms with Crippen molar-refractivity contribution in [2.24, 2.45) is 5.73 Å². The molecule has 2 aliphatic heterocycles. The molecule has 0 radical (unpaired) electrons. The highest BCUT2D eigenvalue weighted by molar-refractivity contribution is 4.93. The van der Waals surface area contributed by atoms with Crippen molar-refractivity contribution in [1.29, 1.82) is 0 Å². The second-order valence-electron chi connectivity index (χ2n) is 6.70. The lowest BCUT2D eigenvalue weighted by atomic mass is 9.94. The van der Waals surface area contributed by atoms with Crippen LogP contribution < -0.4 is 5.73 Å². The number of rotatable bonds is 4. The van der Waals surface area contributed by atoms with Crippen LogP contribution >= 0.6 is 0 Å². The van der Waals surface area contributed by atoms with Gasteiger partial charge in [-0.15, -0.1) is 0 Å². The molecule has 0 aliphatic carbocycles. The Morgan fingerprint density at radius 1 is 1.33 bits per heavy atom. The first-order chi connectivity index (χ1) is 8.43. The number of hydrogen-bond donors (Lipinski definition) is 2. The van der Waals surface area contributed by atoms with E-state index >= 15 is 0 Å². The van der Waals surface area contributed by atoms with Crippen LogP contribution in [0.25, 0.3) is 0 Å². The van der Waals surface area contributed by atoms with Crippen LogP contribution in [0.3, 0.4) is 0 Å². The molecular weight excluding hydrogens is 226 g/mol. The van der Waals surface area contributed by atoms with Gasteiger partial charge < -0.3 is 10.8 Å². The summed E-state index contributed by atoms with van der Waals surface area (Å²) in [5.41, 5.74) is 5.63. The first kappa shape index (κ1) is 14.3. The normalized spacial score (nSPS) is 35.2. The molecule has 2 bridgehead atoms. The third-order valence-electron chi connectivity index (χ3n) is 4.93. The van der Waals surface area contributed by atoms with Gasteiger partial charge in [-0.25, -0.2) is 0 Å². The van der Waals surface area contributed by atoms with Gasteiger partial charge in [0.15, 0.2) is 0 Å². The molecule has 3 N–H and O–H groups in total. The smallest absolute Gasteiger partial charge is 0.0609 e. The average Bonchev–Trinajstić information content (AvgIpc) is 2.52. The maximum atomic E-state index is 9.29. The van der Waals surface area contributed by atoms with Gasteiger partial charge in [-0.2, -0.15) is 0 Å². The van der Waals surface area contributed by atoms with Gasteiger partial charge in [-0.1, -0.05) is 0 Å². The molecule has 4 atom stereocenters. The summed E-state index contributed by atoms with van der Waals surface area (Å²) in [4.78, 5) is 5.14. The summed E-state index contributed by atoms with van der Waals surface area (Å²) in [5, 5.41) is 9.29. The quantitative estimate of drug-likeness (QED) is 0.774. The van der Waals surface area contributed by atoms with Crippen molar-refractivity contribution >= 4 is 0 Å². The maximum Gasteiger partial charge on any atom is 0.0609 e. The van der Waals surface area contributed by atoms with Crippen molar-refractivity contribution in [2.45, 2.75) is 63.2 Å². The van der Waals surface area contributed by atoms with Crippen molar-refractivity contribution < 1.29 is 5.11 Å². The van der Waals surface area contributed by atoms with Crippen LogP contribution in [0.2, 0.25) is 0 Å². The third-order valence-corrected chi connectivity index (χ3v) is 4.93. The van der Waals surface area contributed by atoms with Gasteiger partial charge in [-0.05, 0) is 53.1 Å². The number of likely N-dealkylation sites (tertiary alicyclic amines) is 1. The Balaban J connectivity index is 1.93. The van der Waals surface area contributed by atoms with Crippen LogP contribution in [-0.4, -0.2) is 65.3 Å². The molecule has 0 saturated carbocycles. The second kappa shape index (κ2) is 5.45. The van der Waals surface area contributed by atoms with Gasteiger partial charge in [-0.3, -0.25) is 9.80 Å². The molecule has 0 aromatic heterocycles. The third kappa shape index (κ3) is 3.05. The molecular formula is C14H29N3O. The van der Waals surface area contributed by atoms with Gasteiger partial charge in [0.25, 0.3) is 0 Å². The molecule has 2 fully saturated rings. The molecule has 0 amide bonds. The SMILES string of the molecule is CC(CC(C)(N)CO)N1CCC2CCC(C1)N2C. The van der Waals surface area contributed by atoms with Crippen LogP contribution in [-0.2, 0) is 0 Å². The maximum absolute atomic E-state index is 9.29. The number of nitrogens with zero attached hydrogens (tertiary/aromatic N) is 2. The zero-order valence-corrected chi connectivity index (χ0v) is 12.1. The zero-order valence-electron chi connectivity index (χ0n) is 12.1. The highest BCUT2D eigenvalue weighted by atomic mass is 16.3. The molecule has 2 saturated heterocycles. The number of aliphatic hydroxyl groups is 1. The molecule has 2 rings (SSSR count). The number of fused-ring (bicyclic) bond motifs is 2. The van der Waals surface area contributed by atoms with E-state index in [-0.39, 0.29) is 6.61 Å². The van der Waals surface area contributed by atoms with E-state index in [2.05, 4.69) is 23.8 Å². The molecule has 4 nitrogen and oxygen atoms in total. The Hall–Kier alpha value is -0.160. The van der Waals surface area contributed by atoms with Crippen LogP contribution in [0.15, 0.2) is 0 Å². The summed E-state index contributed by atoms with van der Waals surface area (Å²) in [6, 6.07) is 1.97. The second-order valence-corrected chi connectivity index (χ2v) is 6.70. The van der Waals surface area contributed by atoms with E-state index in [4.69, 9.17) is 5.73 Å². The molecule has 0 aromatic rings. The minimum atomic E-state index is -0.448. The Morgan fingerprint density at radius 3 is 2.67 bits per heavy atom. The lowest BCUT2D eigenvalue weighted by Gasteiger charge is -2.35. The van der Waals surface area contributed by atoms with Gasteiger partial charge in [0.05, 0.1) is 6.61 Å². The highest BCUT2D eigenvalue weighted by Gasteiger charge is 2.36. The van der Waals surface area contributed by atoms with E-state index in [0.29, 0.717) is 6.04 Å². The summed E-state index contributed by atoms with van der Waals surface area (Å²) >= 11 is 0. The van der Waals surface area contributed by atoms with Crippen LogP contribution in [0.4, 0.5) is 0 Å². The van der Waals surface area contributed by atoms with E-state index in [1.165, 1.54) is 25.8 Å². The minimum Gasteiger partial charge on any atom is -0.394 e. The van der Waals surface area contributed by atoms with Gasteiger partial charge in [0.2, 0.25) is 0 Å². The fourth-order valence-corrected chi connectivity index (χ4v) is 3.60. The largest absolute Gasteiger partial charge is 0.394 e. The van der Waals surface area contributed by atoms with E-state index in [0.717, 1.165) is 25.0 Å². The minimum absolute atomic E-state index is 0.0666. The van der Waals surface area contributed by atoms with Gasteiger partial charge >= 0.3 is 0 Å². The highest BCUT2D eigenvalue weighted by Crippen LogP contribution is 2.30. The van der Waals surface area contributed by atoms with Crippen LogP contribution in [0.5, 0.6) is 0 Å². The fraction of sp³-hybridized carbons (Fsp3) is 1.00. The lowest BCUT2D eigenvalue weighted by molar-refractivity contribution is 0.127. The number of nitrogens with two attached hydrogens (primary N) is 1. The fourth-order valence-electron chi connectivity index (χ4n) is 3.60. The Labute approximate surface area is 111 Å². The monoisotopic (exact) mass is 255 g/mol. The standard InChI is InChI=1S/C14H29N3O/c1-11(8-14(2,15)10-18)17-7-6-12-4-5-13(9-17)16(12)3/h11-13,18H,4-10,15H2,1-3H3. The lowest BCUT2D eigenvalue weighted by Crippen LogP contribution is -2.49. The number of aliphatic hydroxyl groups excluding tert-OH is 1. The van der Waals surface area contributed by atoms with Crippen molar-refractivity contribution in [3.63, 3.8) is 0 Å². The van der Waals surface area contributed by atoms with Crippen molar-refractivity contribution in [3.05, 3.63) is 0 Å². The summed E-state index contributed by atoms with van der Waals surface area (Å²) in [5.74, 6) is 0. The molecule has 2 aliphatic rings. The molecule has 106 valence electrons. The van der Waals surface area contributed by atoms with Crippen molar-refractivity contribution in [3.8, 4) is 0 Å².